The molecule has 4 aromatic rings. The second kappa shape index (κ2) is 10.8. The molecule has 5 rings (SSSR count). The predicted octanol–water partition coefficient (Wildman–Crippen LogP) is 4.74. The maximum atomic E-state index is 13.2. The van der Waals surface area contributed by atoms with Crippen LogP contribution in [0.4, 0.5) is 11.6 Å². The van der Waals surface area contributed by atoms with E-state index in [4.69, 9.17) is 4.98 Å². The van der Waals surface area contributed by atoms with Gasteiger partial charge in [-0.15, -0.1) is 11.3 Å². The van der Waals surface area contributed by atoms with E-state index in [-0.39, 0.29) is 23.8 Å². The van der Waals surface area contributed by atoms with Crippen molar-refractivity contribution in [3.05, 3.63) is 83.3 Å². The van der Waals surface area contributed by atoms with E-state index in [1.807, 2.05) is 29.2 Å². The molecule has 1 fully saturated rings. The van der Waals surface area contributed by atoms with Crippen LogP contribution < -0.4 is 10.6 Å². The van der Waals surface area contributed by atoms with Gasteiger partial charge in [0, 0.05) is 25.3 Å². The minimum atomic E-state index is -0.334. The van der Waals surface area contributed by atoms with Gasteiger partial charge in [-0.05, 0) is 61.7 Å². The summed E-state index contributed by atoms with van der Waals surface area (Å²) in [5, 5.41) is 5.74. The quantitative estimate of drug-likeness (QED) is 0.361. The first-order valence-electron chi connectivity index (χ1n) is 12.0. The van der Waals surface area contributed by atoms with Crippen LogP contribution in [0.2, 0.25) is 0 Å². The van der Waals surface area contributed by atoms with Crippen molar-refractivity contribution in [3.8, 4) is 0 Å². The average molecular weight is 515 g/mol. The normalized spacial score (nSPS) is 15.7. The Labute approximate surface area is 217 Å². The van der Waals surface area contributed by atoms with E-state index >= 15 is 0 Å². The van der Waals surface area contributed by atoms with Crippen molar-refractivity contribution in [2.45, 2.75) is 25.3 Å². The number of amides is 3. The van der Waals surface area contributed by atoms with Crippen molar-refractivity contribution in [2.24, 2.45) is 0 Å². The molecule has 1 aliphatic rings. The number of hydrogen-bond donors (Lipinski definition) is 2. The van der Waals surface area contributed by atoms with Gasteiger partial charge in [-0.3, -0.25) is 24.7 Å². The fraction of sp³-hybridized carbons (Fsp3) is 0.222. The standard InChI is InChI=1S/C27H26N6O3S/c1-2-24(34)32-15-6-8-19(13-16-32)33-21-10-4-3-9-20(21)30-27(33)31-26(36)23-12-11-22(37-23)25(35)29-18-7-5-14-28-17-18/h2-5,7,9-12,14,17,19H,1,6,8,13,15-16H2,(H,29,35)(H,30,31,36)/t19-/m1/s1. The number of carbonyl (C=O) groups excluding carboxylic acids is 3. The van der Waals surface area contributed by atoms with Gasteiger partial charge >= 0.3 is 0 Å². The topological polar surface area (TPSA) is 109 Å². The number of hydrogen-bond acceptors (Lipinski definition) is 6. The highest BCUT2D eigenvalue weighted by atomic mass is 32.1. The molecule has 1 saturated heterocycles. The summed E-state index contributed by atoms with van der Waals surface area (Å²) in [6.45, 7) is 4.89. The summed E-state index contributed by atoms with van der Waals surface area (Å²) in [6, 6.07) is 14.6. The van der Waals surface area contributed by atoms with Gasteiger partial charge in [0.05, 0.1) is 32.7 Å². The van der Waals surface area contributed by atoms with Crippen LogP contribution in [0.5, 0.6) is 0 Å². The number of para-hydroxylation sites is 2. The largest absolute Gasteiger partial charge is 0.339 e. The van der Waals surface area contributed by atoms with E-state index in [0.29, 0.717) is 34.5 Å². The van der Waals surface area contributed by atoms with Gasteiger partial charge in [0.1, 0.15) is 0 Å². The number of imidazole rings is 1. The molecule has 4 heterocycles. The zero-order valence-electron chi connectivity index (χ0n) is 20.1. The van der Waals surface area contributed by atoms with E-state index in [2.05, 4.69) is 26.8 Å². The number of anilines is 2. The van der Waals surface area contributed by atoms with Gasteiger partial charge in [0.25, 0.3) is 11.8 Å². The smallest absolute Gasteiger partial charge is 0.268 e. The molecule has 9 nitrogen and oxygen atoms in total. The summed E-state index contributed by atoms with van der Waals surface area (Å²) >= 11 is 1.11. The van der Waals surface area contributed by atoms with Crippen molar-refractivity contribution in [3.63, 3.8) is 0 Å². The second-order valence-corrected chi connectivity index (χ2v) is 9.81. The van der Waals surface area contributed by atoms with Crippen LogP contribution in [0.1, 0.15) is 44.6 Å². The fourth-order valence-electron chi connectivity index (χ4n) is 4.56. The number of nitrogens with zero attached hydrogens (tertiary/aromatic N) is 4. The van der Waals surface area contributed by atoms with E-state index in [1.165, 1.54) is 6.08 Å². The van der Waals surface area contributed by atoms with Gasteiger partial charge in [0.15, 0.2) is 0 Å². The SMILES string of the molecule is C=CC(=O)N1CCC[C@@H](n2c(NC(=O)c3ccc(C(=O)Nc4cccnc4)s3)nc3ccccc32)CC1. The lowest BCUT2D eigenvalue weighted by Crippen LogP contribution is -2.30. The third-order valence-electron chi connectivity index (χ3n) is 6.34. The van der Waals surface area contributed by atoms with E-state index in [0.717, 1.165) is 41.6 Å². The summed E-state index contributed by atoms with van der Waals surface area (Å²) in [5.74, 6) is -0.249. The molecular weight excluding hydrogens is 488 g/mol. The molecule has 188 valence electrons. The van der Waals surface area contributed by atoms with Crippen LogP contribution in [-0.2, 0) is 4.79 Å². The van der Waals surface area contributed by atoms with Crippen LogP contribution in [0, 0.1) is 0 Å². The molecule has 1 aromatic carbocycles. The highest BCUT2D eigenvalue weighted by Crippen LogP contribution is 2.32. The number of rotatable bonds is 6. The second-order valence-electron chi connectivity index (χ2n) is 8.72. The van der Waals surface area contributed by atoms with Crippen LogP contribution in [0.25, 0.3) is 11.0 Å². The van der Waals surface area contributed by atoms with Crippen molar-refractivity contribution >= 4 is 51.7 Å². The zero-order valence-corrected chi connectivity index (χ0v) is 20.9. The summed E-state index contributed by atoms with van der Waals surface area (Å²) in [5.41, 5.74) is 2.29. The lowest BCUT2D eigenvalue weighted by atomic mass is 10.1. The first kappa shape index (κ1) is 24.4. The maximum absolute atomic E-state index is 13.2. The van der Waals surface area contributed by atoms with Gasteiger partial charge in [0.2, 0.25) is 11.9 Å². The number of benzene rings is 1. The van der Waals surface area contributed by atoms with Gasteiger partial charge in [-0.1, -0.05) is 18.7 Å². The van der Waals surface area contributed by atoms with E-state index in [1.54, 1.807) is 36.7 Å². The lowest BCUT2D eigenvalue weighted by molar-refractivity contribution is -0.125. The molecule has 1 atom stereocenters. The number of likely N-dealkylation sites (tertiary alicyclic amines) is 1. The molecule has 37 heavy (non-hydrogen) atoms. The van der Waals surface area contributed by atoms with Crippen LogP contribution in [0.15, 0.2) is 73.6 Å². The fourth-order valence-corrected chi connectivity index (χ4v) is 5.36. The molecule has 3 amide bonds. The third kappa shape index (κ3) is 5.29. The first-order valence-corrected chi connectivity index (χ1v) is 12.9. The number of thiophene rings is 1. The monoisotopic (exact) mass is 514 g/mol. The number of nitrogens with one attached hydrogen (secondary N) is 2. The van der Waals surface area contributed by atoms with Crippen LogP contribution in [0.3, 0.4) is 0 Å². The molecule has 0 aliphatic carbocycles. The highest BCUT2D eigenvalue weighted by molar-refractivity contribution is 7.16. The van der Waals surface area contributed by atoms with Crippen molar-refractivity contribution in [1.82, 2.24) is 19.4 Å². The number of fused-ring (bicyclic) bond motifs is 1. The van der Waals surface area contributed by atoms with Crippen molar-refractivity contribution in [1.29, 1.82) is 0 Å². The van der Waals surface area contributed by atoms with E-state index < -0.39 is 0 Å². The Kier molecular flexibility index (Phi) is 7.09. The number of carbonyl (C=O) groups is 3. The number of pyridine rings is 1. The van der Waals surface area contributed by atoms with Gasteiger partial charge < -0.3 is 14.8 Å². The molecule has 0 bridgehead atoms. The van der Waals surface area contributed by atoms with E-state index in [9.17, 15) is 14.4 Å². The Morgan fingerprint density at radius 2 is 1.76 bits per heavy atom. The Hall–Kier alpha value is -4.31. The predicted molar refractivity (Wildman–Crippen MR) is 144 cm³/mol. The molecule has 10 heteroatoms. The molecule has 3 aromatic heterocycles. The molecule has 0 saturated carbocycles. The molecule has 0 unspecified atom stereocenters. The highest BCUT2D eigenvalue weighted by Gasteiger charge is 2.25. The van der Waals surface area contributed by atoms with Crippen molar-refractivity contribution in [2.75, 3.05) is 23.7 Å². The molecule has 0 spiro atoms. The summed E-state index contributed by atoms with van der Waals surface area (Å²) in [4.78, 5) is 49.3. The minimum absolute atomic E-state index is 0.0641. The van der Waals surface area contributed by atoms with Gasteiger partial charge in [-0.25, -0.2) is 4.98 Å². The minimum Gasteiger partial charge on any atom is -0.339 e. The van der Waals surface area contributed by atoms with Gasteiger partial charge in [-0.2, -0.15) is 0 Å². The third-order valence-corrected chi connectivity index (χ3v) is 7.43. The maximum Gasteiger partial charge on any atom is 0.268 e. The molecule has 0 radical (unpaired) electrons. The Balaban J connectivity index is 1.36. The Morgan fingerprint density at radius 3 is 2.51 bits per heavy atom. The Bertz CT molecular complexity index is 1460. The molecule has 1 aliphatic heterocycles. The average Bonchev–Trinajstić information content (AvgIpc) is 3.47. The van der Waals surface area contributed by atoms with Crippen molar-refractivity contribution < 1.29 is 14.4 Å². The zero-order chi connectivity index (χ0) is 25.8. The summed E-state index contributed by atoms with van der Waals surface area (Å²) < 4.78 is 2.07. The number of aromatic nitrogens is 3. The summed E-state index contributed by atoms with van der Waals surface area (Å²) in [6.07, 6.45) is 6.96. The lowest BCUT2D eigenvalue weighted by Gasteiger charge is -2.21. The summed E-state index contributed by atoms with van der Waals surface area (Å²) in [7, 11) is 0. The van der Waals surface area contributed by atoms with Crippen LogP contribution >= 0.6 is 11.3 Å². The van der Waals surface area contributed by atoms with Crippen LogP contribution in [-0.4, -0.2) is 50.2 Å². The molecule has 2 N–H and O–H groups in total. The Morgan fingerprint density at radius 1 is 0.973 bits per heavy atom. The first-order chi connectivity index (χ1) is 18.0. The molecular formula is C27H26N6O3S.